The fourth-order valence-corrected chi connectivity index (χ4v) is 4.88. The predicted molar refractivity (Wildman–Crippen MR) is 88.1 cm³/mol. The average Bonchev–Trinajstić information content (AvgIpc) is 2.88. The van der Waals surface area contributed by atoms with E-state index in [2.05, 4.69) is 4.90 Å². The average molecular weight is 323 g/mol. The molecule has 0 unspecified atom stereocenters. The Morgan fingerprint density at radius 1 is 1.23 bits per heavy atom. The molecule has 1 heterocycles. The molecule has 1 aromatic carbocycles. The molecule has 4 nitrogen and oxygen atoms in total. The molecule has 1 saturated carbocycles. The number of ether oxygens (including phenoxy) is 1. The van der Waals surface area contributed by atoms with E-state index in [0.29, 0.717) is 11.5 Å². The minimum Gasteiger partial charge on any atom is -0.379 e. The van der Waals surface area contributed by atoms with Gasteiger partial charge >= 0.3 is 0 Å². The van der Waals surface area contributed by atoms with E-state index in [0.717, 1.165) is 25.4 Å². The van der Waals surface area contributed by atoms with E-state index in [1.807, 2.05) is 18.2 Å². The lowest BCUT2D eigenvalue weighted by molar-refractivity contribution is 0.0733. The Morgan fingerprint density at radius 2 is 1.95 bits per heavy atom. The molecule has 0 radical (unpaired) electrons. The van der Waals surface area contributed by atoms with Gasteiger partial charge in [-0.1, -0.05) is 31.9 Å². The minimum atomic E-state index is -3.21. The van der Waals surface area contributed by atoms with Crippen LogP contribution in [0.1, 0.15) is 32.6 Å². The van der Waals surface area contributed by atoms with Gasteiger partial charge in [-0.3, -0.25) is 0 Å². The topological polar surface area (TPSA) is 46.6 Å². The fourth-order valence-electron chi connectivity index (χ4n) is 3.76. The van der Waals surface area contributed by atoms with Crippen molar-refractivity contribution in [2.24, 2.45) is 5.41 Å². The molecule has 1 spiro atoms. The number of para-hydroxylation sites is 1. The van der Waals surface area contributed by atoms with Gasteiger partial charge in [-0.25, -0.2) is 8.42 Å². The summed E-state index contributed by atoms with van der Waals surface area (Å²) in [5.41, 5.74) is 1.06. The van der Waals surface area contributed by atoms with Crippen molar-refractivity contribution < 1.29 is 13.2 Å². The second-order valence-electron chi connectivity index (χ2n) is 6.55. The van der Waals surface area contributed by atoms with Crippen molar-refractivity contribution in [1.82, 2.24) is 0 Å². The first-order valence-corrected chi connectivity index (χ1v) is 9.86. The molecule has 1 aliphatic heterocycles. The molecule has 0 amide bonds. The third-order valence-electron chi connectivity index (χ3n) is 5.03. The first-order chi connectivity index (χ1) is 10.6. The van der Waals surface area contributed by atoms with Gasteiger partial charge in [0.2, 0.25) is 0 Å². The first kappa shape index (κ1) is 15.8. The number of sulfone groups is 1. The van der Waals surface area contributed by atoms with E-state index in [4.69, 9.17) is 4.74 Å². The van der Waals surface area contributed by atoms with Gasteiger partial charge in [-0.05, 0) is 25.0 Å². The zero-order valence-corrected chi connectivity index (χ0v) is 14.1. The third kappa shape index (κ3) is 3.01. The van der Waals surface area contributed by atoms with Crippen LogP contribution in [0.2, 0.25) is 0 Å². The molecule has 0 bridgehead atoms. The van der Waals surface area contributed by atoms with Crippen LogP contribution in [0.25, 0.3) is 0 Å². The van der Waals surface area contributed by atoms with Gasteiger partial charge in [-0.2, -0.15) is 0 Å². The predicted octanol–water partition coefficient (Wildman–Crippen LogP) is 2.88. The number of benzene rings is 1. The van der Waals surface area contributed by atoms with Crippen LogP contribution in [-0.4, -0.2) is 40.5 Å². The van der Waals surface area contributed by atoms with Crippen molar-refractivity contribution in [3.8, 4) is 0 Å². The van der Waals surface area contributed by atoms with Crippen LogP contribution in [0.5, 0.6) is 0 Å². The van der Waals surface area contributed by atoms with E-state index >= 15 is 0 Å². The van der Waals surface area contributed by atoms with Crippen molar-refractivity contribution in [2.45, 2.75) is 37.5 Å². The summed E-state index contributed by atoms with van der Waals surface area (Å²) in [6, 6.07) is 7.42. The summed E-state index contributed by atoms with van der Waals surface area (Å²) >= 11 is 0. The van der Waals surface area contributed by atoms with Gasteiger partial charge in [0.1, 0.15) is 0 Å². The maximum atomic E-state index is 12.4. The summed E-state index contributed by atoms with van der Waals surface area (Å²) < 4.78 is 30.7. The Morgan fingerprint density at radius 3 is 2.68 bits per heavy atom. The Hall–Kier alpha value is -1.07. The van der Waals surface area contributed by atoms with E-state index in [1.54, 1.807) is 13.0 Å². The van der Waals surface area contributed by atoms with Crippen molar-refractivity contribution in [3.63, 3.8) is 0 Å². The molecule has 0 atom stereocenters. The van der Waals surface area contributed by atoms with Gasteiger partial charge in [0, 0.05) is 18.5 Å². The second-order valence-corrected chi connectivity index (χ2v) is 8.80. The lowest BCUT2D eigenvalue weighted by Gasteiger charge is -2.33. The summed E-state index contributed by atoms with van der Waals surface area (Å²) in [6.07, 6.45) is 4.89. The SMILES string of the molecule is CCS(=O)(=O)c1ccccc1N1CCOCC2(CCCC2)C1. The molecular weight excluding hydrogens is 298 g/mol. The van der Waals surface area contributed by atoms with Crippen LogP contribution in [-0.2, 0) is 14.6 Å². The number of hydrogen-bond acceptors (Lipinski definition) is 4. The zero-order chi connectivity index (χ0) is 15.6. The number of rotatable bonds is 3. The van der Waals surface area contributed by atoms with Crippen LogP contribution in [0.15, 0.2) is 29.2 Å². The minimum absolute atomic E-state index is 0.138. The van der Waals surface area contributed by atoms with Crippen LogP contribution in [0.4, 0.5) is 5.69 Å². The molecular formula is C17H25NO3S. The van der Waals surface area contributed by atoms with Crippen LogP contribution in [0, 0.1) is 5.41 Å². The van der Waals surface area contributed by atoms with Crippen molar-refractivity contribution in [1.29, 1.82) is 0 Å². The highest BCUT2D eigenvalue weighted by molar-refractivity contribution is 7.91. The maximum absolute atomic E-state index is 12.4. The van der Waals surface area contributed by atoms with Crippen LogP contribution >= 0.6 is 0 Å². The Kier molecular flexibility index (Phi) is 4.46. The zero-order valence-electron chi connectivity index (χ0n) is 13.3. The standard InChI is InChI=1S/C17H25NO3S/c1-2-22(19,20)16-8-4-3-7-15(16)18-11-12-21-14-17(13-18)9-5-6-10-17/h3-4,7-8H,2,5-6,9-14H2,1H3. The van der Waals surface area contributed by atoms with E-state index < -0.39 is 9.84 Å². The normalized spacial score (nSPS) is 22.0. The van der Waals surface area contributed by atoms with E-state index in [-0.39, 0.29) is 11.2 Å². The third-order valence-corrected chi connectivity index (χ3v) is 6.80. The van der Waals surface area contributed by atoms with Gasteiger partial charge in [0.25, 0.3) is 0 Å². The molecule has 1 aromatic rings. The second kappa shape index (κ2) is 6.20. The highest BCUT2D eigenvalue weighted by Gasteiger charge is 2.38. The lowest BCUT2D eigenvalue weighted by atomic mass is 9.86. The van der Waals surface area contributed by atoms with Crippen LogP contribution in [0.3, 0.4) is 0 Å². The summed E-state index contributed by atoms with van der Waals surface area (Å²) in [4.78, 5) is 2.70. The number of hydrogen-bond donors (Lipinski definition) is 0. The number of anilines is 1. The fraction of sp³-hybridized carbons (Fsp3) is 0.647. The lowest BCUT2D eigenvalue weighted by Crippen LogP contribution is -2.37. The maximum Gasteiger partial charge on any atom is 0.180 e. The highest BCUT2D eigenvalue weighted by atomic mass is 32.2. The molecule has 0 N–H and O–H groups in total. The van der Waals surface area contributed by atoms with Crippen molar-refractivity contribution >= 4 is 15.5 Å². The van der Waals surface area contributed by atoms with Gasteiger partial charge in [0.05, 0.1) is 29.5 Å². The first-order valence-electron chi connectivity index (χ1n) is 8.21. The van der Waals surface area contributed by atoms with E-state index in [1.165, 1.54) is 25.7 Å². The molecule has 22 heavy (non-hydrogen) atoms. The van der Waals surface area contributed by atoms with Crippen molar-refractivity contribution in [2.75, 3.05) is 37.0 Å². The summed E-state index contributed by atoms with van der Waals surface area (Å²) in [7, 11) is -3.21. The highest BCUT2D eigenvalue weighted by Crippen LogP contribution is 2.41. The monoisotopic (exact) mass is 323 g/mol. The van der Waals surface area contributed by atoms with Crippen LogP contribution < -0.4 is 4.90 Å². The molecule has 2 aliphatic rings. The molecule has 1 saturated heterocycles. The van der Waals surface area contributed by atoms with Gasteiger partial charge in [-0.15, -0.1) is 0 Å². The smallest absolute Gasteiger partial charge is 0.180 e. The van der Waals surface area contributed by atoms with E-state index in [9.17, 15) is 8.42 Å². The molecule has 3 rings (SSSR count). The van der Waals surface area contributed by atoms with Gasteiger partial charge < -0.3 is 9.64 Å². The van der Waals surface area contributed by atoms with Gasteiger partial charge in [0.15, 0.2) is 9.84 Å². The molecule has 1 aliphatic carbocycles. The number of nitrogens with zero attached hydrogens (tertiary/aromatic N) is 1. The summed E-state index contributed by atoms with van der Waals surface area (Å²) in [5.74, 6) is 0.138. The molecule has 122 valence electrons. The molecule has 2 fully saturated rings. The molecule has 5 heteroatoms. The summed E-state index contributed by atoms with van der Waals surface area (Å²) in [5, 5.41) is 0. The van der Waals surface area contributed by atoms with Crippen molar-refractivity contribution in [3.05, 3.63) is 24.3 Å². The Balaban J connectivity index is 1.96. The Bertz CT molecular complexity index is 621. The summed E-state index contributed by atoms with van der Waals surface area (Å²) in [6.45, 7) is 4.85. The molecule has 0 aromatic heterocycles. The Labute approximate surface area is 133 Å². The largest absolute Gasteiger partial charge is 0.379 e. The quantitative estimate of drug-likeness (QED) is 0.858.